The molecule has 0 fully saturated rings. The first-order valence-electron chi connectivity index (χ1n) is 11.2. The van der Waals surface area contributed by atoms with Crippen LogP contribution in [0.3, 0.4) is 0 Å². The second-order valence-electron chi connectivity index (χ2n) is 8.35. The number of nitrogens with zero attached hydrogens (tertiary/aromatic N) is 2. The van der Waals surface area contributed by atoms with E-state index in [9.17, 15) is 48.0 Å². The molecular weight excluding hydrogens is 665 g/mol. The fourth-order valence-electron chi connectivity index (χ4n) is 3.16. The summed E-state index contributed by atoms with van der Waals surface area (Å²) in [5, 5.41) is 3.85. The molecule has 0 amide bonds. The molecular formula is C23H20Cl2F6N2O7S2. The van der Waals surface area contributed by atoms with Gasteiger partial charge in [0.2, 0.25) is 0 Å². The third-order valence-corrected chi connectivity index (χ3v) is 7.39. The Morgan fingerprint density at radius 1 is 0.929 bits per heavy atom. The molecule has 0 aliphatic rings. The summed E-state index contributed by atoms with van der Waals surface area (Å²) < 4.78 is 128. The molecule has 1 heterocycles. The Hall–Kier alpha value is -2.86. The lowest BCUT2D eigenvalue weighted by Gasteiger charge is -2.12. The van der Waals surface area contributed by atoms with Crippen molar-refractivity contribution in [1.82, 2.24) is 9.78 Å². The lowest BCUT2D eigenvalue weighted by molar-refractivity contribution is -0.131. The van der Waals surface area contributed by atoms with Crippen molar-refractivity contribution < 1.29 is 56.7 Å². The molecule has 3 rings (SSSR count). The summed E-state index contributed by atoms with van der Waals surface area (Å²) in [4.78, 5) is 11.8. The van der Waals surface area contributed by atoms with Crippen LogP contribution in [0.15, 0.2) is 48.5 Å². The third-order valence-electron chi connectivity index (χ3n) is 5.02. The maximum atomic E-state index is 12.3. The summed E-state index contributed by atoms with van der Waals surface area (Å²) in [6.07, 6.45) is -12.2. The first kappa shape index (κ1) is 35.3. The van der Waals surface area contributed by atoms with Crippen LogP contribution in [-0.2, 0) is 20.2 Å². The molecule has 3 aromatic rings. The van der Waals surface area contributed by atoms with E-state index in [0.717, 1.165) is 0 Å². The quantitative estimate of drug-likeness (QED) is 0.119. The average Bonchev–Trinajstić information content (AvgIpc) is 3.18. The molecule has 9 nitrogen and oxygen atoms in total. The molecule has 0 radical (unpaired) electrons. The van der Waals surface area contributed by atoms with Gasteiger partial charge in [0.15, 0.2) is 0 Å². The SMILES string of the molecule is Cc1c(C(=O)Cl)nn(-c2ccccc2Cl)c1-c1ccc(OS(=O)(=O)CCC(F)(F)F)cc1.O=S(=O)(O)CCC(F)(F)F. The molecule has 0 saturated carbocycles. The molecule has 2 aromatic carbocycles. The van der Waals surface area contributed by atoms with Crippen LogP contribution in [-0.4, -0.2) is 60.3 Å². The van der Waals surface area contributed by atoms with E-state index < -0.39 is 62.2 Å². The van der Waals surface area contributed by atoms with Crippen LogP contribution >= 0.6 is 23.2 Å². The van der Waals surface area contributed by atoms with Gasteiger partial charge in [0.1, 0.15) is 11.4 Å². The van der Waals surface area contributed by atoms with Crippen molar-refractivity contribution in [2.75, 3.05) is 11.5 Å². The Morgan fingerprint density at radius 2 is 1.45 bits per heavy atom. The van der Waals surface area contributed by atoms with Crippen LogP contribution < -0.4 is 4.18 Å². The van der Waals surface area contributed by atoms with Gasteiger partial charge in [-0.25, -0.2) is 4.68 Å². The summed E-state index contributed by atoms with van der Waals surface area (Å²) in [5.41, 5.74) is 1.92. The molecule has 19 heteroatoms. The molecule has 0 spiro atoms. The van der Waals surface area contributed by atoms with Crippen LogP contribution in [0.4, 0.5) is 26.3 Å². The van der Waals surface area contributed by atoms with E-state index in [1.807, 2.05) is 0 Å². The van der Waals surface area contributed by atoms with Crippen molar-refractivity contribution in [3.8, 4) is 22.7 Å². The van der Waals surface area contributed by atoms with Gasteiger partial charge in [-0.15, -0.1) is 0 Å². The normalized spacial score (nSPS) is 12.4. The van der Waals surface area contributed by atoms with Gasteiger partial charge in [-0.3, -0.25) is 9.35 Å². The molecule has 0 aliphatic carbocycles. The largest absolute Gasteiger partial charge is 0.390 e. The maximum Gasteiger partial charge on any atom is 0.390 e. The minimum Gasteiger partial charge on any atom is -0.382 e. The first-order chi connectivity index (χ1) is 19.1. The first-order valence-corrected chi connectivity index (χ1v) is 15.2. The predicted molar refractivity (Wildman–Crippen MR) is 141 cm³/mol. The Morgan fingerprint density at radius 3 is 1.90 bits per heavy atom. The van der Waals surface area contributed by atoms with Gasteiger partial charge in [0, 0.05) is 11.1 Å². The van der Waals surface area contributed by atoms with Gasteiger partial charge in [0.05, 0.1) is 40.8 Å². The second kappa shape index (κ2) is 13.6. The van der Waals surface area contributed by atoms with Crippen molar-refractivity contribution in [3.05, 3.63) is 64.8 Å². The van der Waals surface area contributed by atoms with E-state index in [4.69, 9.17) is 31.9 Å². The highest BCUT2D eigenvalue weighted by atomic mass is 35.5. The second-order valence-corrected chi connectivity index (χ2v) is 12.4. The molecule has 0 atom stereocenters. The number of benzene rings is 2. The number of halogens is 8. The monoisotopic (exact) mass is 684 g/mol. The standard InChI is InChI=1S/C20H15Cl2F3N2O4S.C3H5F3O3S/c1-12-17(19(22)28)26-27(16-5-3-2-4-15(16)21)18(12)13-6-8-14(9-7-13)31-32(29,30)11-10-20(23,24)25;4-3(5,6)1-2-10(7,8)9/h2-9H,10-11H2,1H3;1-2H2,(H,7,8,9). The lowest BCUT2D eigenvalue weighted by atomic mass is 10.1. The van der Waals surface area contributed by atoms with Crippen LogP contribution in [0.1, 0.15) is 28.9 Å². The molecule has 42 heavy (non-hydrogen) atoms. The third kappa shape index (κ3) is 11.4. The van der Waals surface area contributed by atoms with Crippen LogP contribution in [0.25, 0.3) is 16.9 Å². The topological polar surface area (TPSA) is 133 Å². The van der Waals surface area contributed by atoms with E-state index in [-0.39, 0.29) is 11.4 Å². The van der Waals surface area contributed by atoms with E-state index in [1.165, 1.54) is 28.9 Å². The summed E-state index contributed by atoms with van der Waals surface area (Å²) >= 11 is 11.9. The number of alkyl halides is 6. The minimum absolute atomic E-state index is 0.0108. The summed E-state index contributed by atoms with van der Waals surface area (Å²) in [6.45, 7) is 1.64. The minimum atomic E-state index is -4.62. The van der Waals surface area contributed by atoms with Crippen molar-refractivity contribution >= 4 is 48.7 Å². The van der Waals surface area contributed by atoms with Gasteiger partial charge in [0.25, 0.3) is 15.4 Å². The van der Waals surface area contributed by atoms with E-state index >= 15 is 0 Å². The number of para-hydroxylation sites is 1. The van der Waals surface area contributed by atoms with Crippen molar-refractivity contribution in [1.29, 1.82) is 0 Å². The fourth-order valence-corrected chi connectivity index (χ4v) is 5.02. The molecule has 232 valence electrons. The van der Waals surface area contributed by atoms with Crippen molar-refractivity contribution in [2.45, 2.75) is 32.1 Å². The van der Waals surface area contributed by atoms with Crippen LogP contribution in [0.5, 0.6) is 5.75 Å². The average molecular weight is 685 g/mol. The number of hydrogen-bond acceptors (Lipinski definition) is 7. The smallest absolute Gasteiger partial charge is 0.382 e. The van der Waals surface area contributed by atoms with Gasteiger partial charge in [-0.05, 0) is 54.9 Å². The van der Waals surface area contributed by atoms with E-state index in [0.29, 0.717) is 27.5 Å². The zero-order chi connectivity index (χ0) is 32.1. The molecule has 1 N–H and O–H groups in total. The Bertz CT molecular complexity index is 1620. The van der Waals surface area contributed by atoms with E-state index in [1.54, 1.807) is 31.2 Å². The zero-order valence-electron chi connectivity index (χ0n) is 21.1. The molecule has 0 saturated heterocycles. The van der Waals surface area contributed by atoms with Gasteiger partial charge < -0.3 is 4.18 Å². The van der Waals surface area contributed by atoms with E-state index in [2.05, 4.69) is 5.10 Å². The molecule has 0 unspecified atom stereocenters. The summed E-state index contributed by atoms with van der Waals surface area (Å²) in [7, 11) is -8.91. The highest BCUT2D eigenvalue weighted by Gasteiger charge is 2.31. The molecule has 0 aliphatic heterocycles. The number of rotatable bonds is 9. The Labute approximate surface area is 245 Å². The molecule has 0 bridgehead atoms. The Kier molecular flexibility index (Phi) is 11.5. The molecule has 1 aromatic heterocycles. The predicted octanol–water partition coefficient (Wildman–Crippen LogP) is 6.37. The van der Waals surface area contributed by atoms with Crippen molar-refractivity contribution in [2.24, 2.45) is 0 Å². The Balaban J connectivity index is 0.000000528. The number of carbonyl (C=O) groups excluding carboxylic acids is 1. The van der Waals surface area contributed by atoms with Crippen molar-refractivity contribution in [3.63, 3.8) is 0 Å². The van der Waals surface area contributed by atoms with Gasteiger partial charge >= 0.3 is 22.5 Å². The van der Waals surface area contributed by atoms with Crippen LogP contribution in [0.2, 0.25) is 5.02 Å². The van der Waals surface area contributed by atoms with Crippen LogP contribution in [0, 0.1) is 6.92 Å². The number of aromatic nitrogens is 2. The van der Waals surface area contributed by atoms with Gasteiger partial charge in [-0.1, -0.05) is 23.7 Å². The number of hydrogen-bond donors (Lipinski definition) is 1. The fraction of sp³-hybridized carbons (Fsp3) is 0.304. The zero-order valence-corrected chi connectivity index (χ0v) is 24.2. The summed E-state index contributed by atoms with van der Waals surface area (Å²) in [6, 6.07) is 12.3. The highest BCUT2D eigenvalue weighted by molar-refractivity contribution is 7.87. The maximum absolute atomic E-state index is 12.3. The lowest BCUT2D eigenvalue weighted by Crippen LogP contribution is -2.20. The van der Waals surface area contributed by atoms with Gasteiger partial charge in [-0.2, -0.15) is 48.3 Å². The highest BCUT2D eigenvalue weighted by Crippen LogP contribution is 2.33. The number of carbonyl (C=O) groups is 1. The summed E-state index contributed by atoms with van der Waals surface area (Å²) in [5.74, 6) is -2.63.